The van der Waals surface area contributed by atoms with Gasteiger partial charge >= 0.3 is 10.9 Å². The van der Waals surface area contributed by atoms with Crippen molar-refractivity contribution in [3.63, 3.8) is 0 Å². The maximum Gasteiger partial charge on any atom is 0.403 e. The number of hydrogen-bond acceptors (Lipinski definition) is 4. The molecule has 0 amide bonds. The second-order valence-corrected chi connectivity index (χ2v) is 1.79. The van der Waals surface area contributed by atoms with E-state index in [1.807, 2.05) is 0 Å². The normalized spacial score (nSPS) is 6.12. The van der Waals surface area contributed by atoms with Crippen LogP contribution in [0.4, 0.5) is 9.59 Å². The third-order valence-corrected chi connectivity index (χ3v) is 0.733. The maximum atomic E-state index is 9.86. The Hall–Kier alpha value is -1.26. The highest BCUT2D eigenvalue weighted by Gasteiger charge is 1.97. The number of carbonyl (C=O) groups excluding carboxylic acids is 2. The lowest BCUT2D eigenvalue weighted by molar-refractivity contribution is 0.121. The van der Waals surface area contributed by atoms with E-state index in [-0.39, 0.29) is 13.2 Å². The lowest BCUT2D eigenvalue weighted by Crippen LogP contribution is -2.06. The largest absolute Gasteiger partial charge is 0.450 e. The van der Waals surface area contributed by atoms with Crippen LogP contribution < -0.4 is 0 Å². The van der Waals surface area contributed by atoms with Crippen LogP contribution in [0.25, 0.3) is 0 Å². The molecule has 0 bridgehead atoms. The quantitative estimate of drug-likeness (QED) is 0.439. The van der Waals surface area contributed by atoms with Crippen molar-refractivity contribution in [1.82, 2.24) is 0 Å². The molecule has 6 heteroatoms. The first-order valence-corrected chi connectivity index (χ1v) is 4.53. The van der Waals surface area contributed by atoms with Crippen molar-refractivity contribution in [2.75, 3.05) is 13.2 Å². The van der Waals surface area contributed by atoms with Crippen LogP contribution in [-0.2, 0) is 9.47 Å². The Morgan fingerprint density at radius 1 is 0.750 bits per heavy atom. The van der Waals surface area contributed by atoms with Gasteiger partial charge in [0, 0.05) is 23.2 Å². The van der Waals surface area contributed by atoms with Gasteiger partial charge in [-0.05, 0) is 0 Å². The zero-order chi connectivity index (χ0) is 14.0. The van der Waals surface area contributed by atoms with Gasteiger partial charge in [0.25, 0.3) is 0 Å². The van der Waals surface area contributed by atoms with Crippen LogP contribution >= 0.6 is 23.2 Å². The maximum absolute atomic E-state index is 9.86. The number of ether oxygens (including phenoxy) is 2. The van der Waals surface area contributed by atoms with Crippen LogP contribution in [0.5, 0.6) is 0 Å². The molecule has 0 unspecified atom stereocenters. The van der Waals surface area contributed by atoms with Crippen LogP contribution in [-0.4, -0.2) is 24.1 Å². The molecule has 0 spiro atoms. The van der Waals surface area contributed by atoms with Gasteiger partial charge in [0.2, 0.25) is 0 Å². The molecule has 4 nitrogen and oxygen atoms in total. The Morgan fingerprint density at radius 2 is 0.938 bits per heavy atom. The minimum Gasteiger partial charge on any atom is -0.450 e. The first-order valence-electron chi connectivity index (χ1n) is 3.77. The van der Waals surface area contributed by atoms with Crippen molar-refractivity contribution >= 4 is 34.1 Å². The van der Waals surface area contributed by atoms with Gasteiger partial charge in [-0.25, -0.2) is 9.59 Å². The molecule has 0 radical (unpaired) electrons. The molecule has 0 aliphatic heterocycles. The highest BCUT2D eigenvalue weighted by Crippen LogP contribution is 1.89. The van der Waals surface area contributed by atoms with Gasteiger partial charge in [-0.15, -0.1) is 39.5 Å². The molecule has 0 aromatic carbocycles. The van der Waals surface area contributed by atoms with Gasteiger partial charge in [-0.1, -0.05) is 0 Å². The van der Waals surface area contributed by atoms with E-state index < -0.39 is 10.9 Å². The van der Waals surface area contributed by atoms with Gasteiger partial charge < -0.3 is 9.47 Å². The molecule has 94 valence electrons. The molecule has 16 heavy (non-hydrogen) atoms. The fourth-order valence-electron chi connectivity index (χ4n) is 0.244. The Morgan fingerprint density at radius 3 is 1.06 bits per heavy atom. The van der Waals surface area contributed by atoms with E-state index >= 15 is 0 Å². The Kier molecular flexibility index (Phi) is 44.0. The first-order chi connectivity index (χ1) is 7.63. The zero-order valence-corrected chi connectivity index (χ0v) is 10.6. The average molecular weight is 271 g/mol. The molecule has 0 aliphatic rings. The molecular formula is C10H16Cl2O4. The summed E-state index contributed by atoms with van der Waals surface area (Å²) in [5.74, 6) is 0. The summed E-state index contributed by atoms with van der Waals surface area (Å²) in [5.41, 5.74) is -1.88. The monoisotopic (exact) mass is 270 g/mol. The van der Waals surface area contributed by atoms with Crippen molar-refractivity contribution in [2.24, 2.45) is 0 Å². The molecule has 0 aromatic heterocycles. The van der Waals surface area contributed by atoms with E-state index in [4.69, 9.17) is 23.2 Å². The molecule has 0 saturated carbocycles. The van der Waals surface area contributed by atoms with Crippen molar-refractivity contribution in [3.8, 4) is 0 Å². The number of hydrogen-bond donors (Lipinski definition) is 0. The summed E-state index contributed by atoms with van der Waals surface area (Å²) in [5, 5.41) is 0. The predicted octanol–water partition coefficient (Wildman–Crippen LogP) is 4.14. The highest BCUT2D eigenvalue weighted by molar-refractivity contribution is 6.61. The van der Waals surface area contributed by atoms with Crippen LogP contribution in [0.1, 0.15) is 0 Å². The zero-order valence-electron chi connectivity index (χ0n) is 9.05. The van der Waals surface area contributed by atoms with E-state index in [1.165, 1.54) is 0 Å². The molecule has 0 atom stereocenters. The minimum absolute atomic E-state index is 0.0825. The third-order valence-electron chi connectivity index (χ3n) is 0.514. The highest BCUT2D eigenvalue weighted by atomic mass is 35.5. The smallest absolute Gasteiger partial charge is 0.403 e. The lowest BCUT2D eigenvalue weighted by atomic mass is 10.8. The third kappa shape index (κ3) is 53.3. The summed E-state index contributed by atoms with van der Waals surface area (Å²) in [7, 11) is 0. The van der Waals surface area contributed by atoms with Crippen molar-refractivity contribution in [1.29, 1.82) is 0 Å². The van der Waals surface area contributed by atoms with E-state index in [2.05, 4.69) is 48.9 Å². The Bertz CT molecular complexity index is 153. The molecular weight excluding hydrogens is 255 g/mol. The van der Waals surface area contributed by atoms with Crippen LogP contribution in [0.2, 0.25) is 0 Å². The van der Waals surface area contributed by atoms with Gasteiger partial charge in [0.15, 0.2) is 0 Å². The fourth-order valence-corrected chi connectivity index (χ4v) is 0.398. The summed E-state index contributed by atoms with van der Waals surface area (Å²) >= 11 is 9.52. The van der Waals surface area contributed by atoms with Crippen molar-refractivity contribution in [3.05, 3.63) is 39.5 Å². The SMILES string of the molecule is C=C.C=C.C=C.O=C(Cl)OCCOC(=O)Cl. The lowest BCUT2D eigenvalue weighted by Gasteiger charge is -1.98. The number of rotatable bonds is 3. The molecule has 0 saturated heterocycles. The van der Waals surface area contributed by atoms with Crippen molar-refractivity contribution < 1.29 is 19.1 Å². The second-order valence-electron chi connectivity index (χ2n) is 1.17. The van der Waals surface area contributed by atoms with Crippen LogP contribution in [0.3, 0.4) is 0 Å². The van der Waals surface area contributed by atoms with Crippen molar-refractivity contribution in [2.45, 2.75) is 0 Å². The molecule has 0 heterocycles. The Labute approximate surface area is 106 Å². The minimum atomic E-state index is -0.939. The van der Waals surface area contributed by atoms with E-state index in [1.54, 1.807) is 0 Å². The Balaban J connectivity index is -0.000000103. The van der Waals surface area contributed by atoms with Gasteiger partial charge in [0.1, 0.15) is 13.2 Å². The van der Waals surface area contributed by atoms with Crippen LogP contribution in [0.15, 0.2) is 39.5 Å². The summed E-state index contributed by atoms with van der Waals surface area (Å²) in [6.07, 6.45) is 0. The van der Waals surface area contributed by atoms with Crippen LogP contribution in [0, 0.1) is 0 Å². The van der Waals surface area contributed by atoms with E-state index in [0.29, 0.717) is 0 Å². The first kappa shape index (κ1) is 24.1. The molecule has 0 aromatic rings. The van der Waals surface area contributed by atoms with Gasteiger partial charge in [-0.3, -0.25) is 0 Å². The predicted molar refractivity (Wildman–Crippen MR) is 68.2 cm³/mol. The number of halogens is 2. The summed E-state index contributed by atoms with van der Waals surface area (Å²) in [6, 6.07) is 0. The molecule has 0 N–H and O–H groups in total. The fraction of sp³-hybridized carbons (Fsp3) is 0.200. The summed E-state index contributed by atoms with van der Waals surface area (Å²) in [4.78, 5) is 19.7. The van der Waals surface area contributed by atoms with Gasteiger partial charge in [0.05, 0.1) is 0 Å². The molecule has 0 rings (SSSR count). The standard InChI is InChI=1S/C4H4Cl2O4.3C2H4/c5-3(7)9-1-2-10-4(6)8;3*1-2/h1-2H2;3*1-2H2. The summed E-state index contributed by atoms with van der Waals surface area (Å²) < 4.78 is 8.37. The van der Waals surface area contributed by atoms with E-state index in [9.17, 15) is 9.59 Å². The van der Waals surface area contributed by atoms with E-state index in [0.717, 1.165) is 0 Å². The van der Waals surface area contributed by atoms with Gasteiger partial charge in [-0.2, -0.15) is 0 Å². The topological polar surface area (TPSA) is 52.6 Å². The summed E-state index contributed by atoms with van der Waals surface area (Å²) in [6.45, 7) is 17.8. The molecule has 0 fully saturated rings. The number of carbonyl (C=O) groups is 2. The second kappa shape index (κ2) is 29.2. The molecule has 0 aliphatic carbocycles. The average Bonchev–Trinajstić information content (AvgIpc) is 2.32.